The number of rotatable bonds is 15. The second kappa shape index (κ2) is 13.7. The van der Waals surface area contributed by atoms with Crippen LogP contribution in [0.2, 0.25) is 0 Å². The van der Waals surface area contributed by atoms with Crippen molar-refractivity contribution in [3.8, 4) is 0 Å². The molecule has 1 heterocycles. The maximum Gasteiger partial charge on any atom is 0.105 e. The van der Waals surface area contributed by atoms with E-state index in [1.807, 2.05) is 0 Å². The average Bonchev–Trinajstić information content (AvgIpc) is 3.10. The molecule has 0 fully saturated rings. The molecule has 2 heteroatoms. The van der Waals surface area contributed by atoms with Crippen LogP contribution in [0.3, 0.4) is 0 Å². The maximum atomic E-state index is 2.59. The van der Waals surface area contributed by atoms with Crippen LogP contribution in [0.1, 0.15) is 97.3 Å². The Morgan fingerprint density at radius 3 is 1.93 bits per heavy atom. The molecular weight excluding hydrogens is 328 g/mol. The number of benzene rings is 1. The van der Waals surface area contributed by atoms with Crippen LogP contribution in [0, 0.1) is 0 Å². The Kier molecular flexibility index (Phi) is 11.1. The second-order valence-electron chi connectivity index (χ2n) is 8.08. The summed E-state index contributed by atoms with van der Waals surface area (Å²) in [5, 5.41) is 0. The summed E-state index contributed by atoms with van der Waals surface area (Å²) in [6.07, 6.45) is 22.9. The number of nitrogens with zero attached hydrogens (tertiary/aromatic N) is 2. The summed E-state index contributed by atoms with van der Waals surface area (Å²) in [7, 11) is 0. The molecule has 0 N–H and O–H groups in total. The molecule has 2 rings (SSSR count). The van der Waals surface area contributed by atoms with Gasteiger partial charge in [0.2, 0.25) is 0 Å². The lowest BCUT2D eigenvalue weighted by Crippen LogP contribution is -2.39. The summed E-state index contributed by atoms with van der Waals surface area (Å²) in [5.41, 5.74) is 1.33. The van der Waals surface area contributed by atoms with Crippen LogP contribution in [0.5, 0.6) is 0 Å². The number of anilines is 1. The lowest BCUT2D eigenvalue weighted by atomic mass is 10.1. The highest BCUT2D eigenvalue weighted by atomic mass is 15.4. The molecule has 2 nitrogen and oxygen atoms in total. The molecule has 1 aromatic rings. The molecule has 1 aliphatic heterocycles. The minimum atomic E-state index is 0.509. The fourth-order valence-electron chi connectivity index (χ4n) is 4.08. The molecule has 0 saturated heterocycles. The first-order chi connectivity index (χ1) is 13.4. The van der Waals surface area contributed by atoms with Crippen molar-refractivity contribution in [1.29, 1.82) is 0 Å². The Labute approximate surface area is 168 Å². The highest BCUT2D eigenvalue weighted by Crippen LogP contribution is 2.28. The van der Waals surface area contributed by atoms with Gasteiger partial charge in [-0.05, 0) is 31.4 Å². The Morgan fingerprint density at radius 1 is 0.667 bits per heavy atom. The van der Waals surface area contributed by atoms with Crippen molar-refractivity contribution in [2.24, 2.45) is 0 Å². The van der Waals surface area contributed by atoms with E-state index in [1.165, 1.54) is 95.7 Å². The molecule has 0 aromatic heterocycles. The zero-order valence-corrected chi connectivity index (χ0v) is 17.9. The van der Waals surface area contributed by atoms with Gasteiger partial charge in [0.25, 0.3) is 0 Å². The molecule has 0 amide bonds. The van der Waals surface area contributed by atoms with Crippen molar-refractivity contribution in [2.75, 3.05) is 11.4 Å². The van der Waals surface area contributed by atoms with E-state index in [1.54, 1.807) is 0 Å². The summed E-state index contributed by atoms with van der Waals surface area (Å²) >= 11 is 0. The van der Waals surface area contributed by atoms with Crippen molar-refractivity contribution < 1.29 is 0 Å². The van der Waals surface area contributed by atoms with Gasteiger partial charge in [0.1, 0.15) is 6.17 Å². The number of hydrogen-bond acceptors (Lipinski definition) is 2. The first-order valence-electron chi connectivity index (χ1n) is 11.6. The van der Waals surface area contributed by atoms with Crippen molar-refractivity contribution in [3.63, 3.8) is 0 Å². The molecule has 152 valence electrons. The van der Waals surface area contributed by atoms with Crippen LogP contribution in [0.25, 0.3) is 0 Å². The molecule has 0 saturated carbocycles. The largest absolute Gasteiger partial charge is 0.356 e. The van der Waals surface area contributed by atoms with Crippen molar-refractivity contribution in [3.05, 3.63) is 42.7 Å². The zero-order chi connectivity index (χ0) is 19.2. The van der Waals surface area contributed by atoms with Crippen LogP contribution in [-0.2, 0) is 0 Å². The van der Waals surface area contributed by atoms with Gasteiger partial charge in [-0.3, -0.25) is 0 Å². The third-order valence-corrected chi connectivity index (χ3v) is 5.76. The summed E-state index contributed by atoms with van der Waals surface area (Å²) < 4.78 is 0. The van der Waals surface area contributed by atoms with Crippen LogP contribution < -0.4 is 4.90 Å². The topological polar surface area (TPSA) is 6.48 Å². The zero-order valence-electron chi connectivity index (χ0n) is 17.9. The van der Waals surface area contributed by atoms with E-state index >= 15 is 0 Å². The standard InChI is InChI=1S/C25H42N2/c1-3-5-7-9-10-11-16-20-25-26(21-17-12-8-6-4-2)22-23-27(25)24-18-14-13-15-19-24/h13-15,18-19,22-23,25H,3-12,16-17,20-21H2,1-2H3. The number of unbranched alkanes of at least 4 members (excludes halogenated alkanes) is 10. The summed E-state index contributed by atoms with van der Waals surface area (Å²) in [5.74, 6) is 0. The van der Waals surface area contributed by atoms with E-state index in [0.29, 0.717) is 6.17 Å². The predicted molar refractivity (Wildman–Crippen MR) is 120 cm³/mol. The Morgan fingerprint density at radius 2 is 1.26 bits per heavy atom. The Bertz CT molecular complexity index is 496. The van der Waals surface area contributed by atoms with Crippen molar-refractivity contribution >= 4 is 5.69 Å². The first kappa shape index (κ1) is 21.9. The lowest BCUT2D eigenvalue weighted by Gasteiger charge is -2.33. The molecule has 0 aliphatic carbocycles. The minimum Gasteiger partial charge on any atom is -0.356 e. The molecule has 27 heavy (non-hydrogen) atoms. The third kappa shape index (κ3) is 7.99. The summed E-state index contributed by atoms with van der Waals surface area (Å²) in [4.78, 5) is 5.08. The lowest BCUT2D eigenvalue weighted by molar-refractivity contribution is 0.273. The van der Waals surface area contributed by atoms with Gasteiger partial charge in [-0.15, -0.1) is 0 Å². The molecule has 1 aliphatic rings. The van der Waals surface area contributed by atoms with Gasteiger partial charge in [-0.1, -0.05) is 96.3 Å². The Balaban J connectivity index is 1.80. The van der Waals surface area contributed by atoms with E-state index < -0.39 is 0 Å². The van der Waals surface area contributed by atoms with E-state index in [-0.39, 0.29) is 0 Å². The van der Waals surface area contributed by atoms with Crippen molar-refractivity contribution in [2.45, 2.75) is 103 Å². The fourth-order valence-corrected chi connectivity index (χ4v) is 4.08. The number of hydrogen-bond donors (Lipinski definition) is 0. The van der Waals surface area contributed by atoms with Gasteiger partial charge in [0.05, 0.1) is 0 Å². The SMILES string of the molecule is CCCCCCCCCC1N(CCCCCCC)C=CN1c1ccccc1. The fraction of sp³-hybridized carbons (Fsp3) is 0.680. The molecule has 0 bridgehead atoms. The van der Waals surface area contributed by atoms with E-state index in [0.717, 1.165) is 0 Å². The molecule has 0 radical (unpaired) electrons. The van der Waals surface area contributed by atoms with Gasteiger partial charge in [-0.25, -0.2) is 0 Å². The van der Waals surface area contributed by atoms with Gasteiger partial charge in [0.15, 0.2) is 0 Å². The van der Waals surface area contributed by atoms with Crippen LogP contribution in [-0.4, -0.2) is 17.6 Å². The number of para-hydroxylation sites is 1. The van der Waals surface area contributed by atoms with E-state index in [9.17, 15) is 0 Å². The molecule has 0 spiro atoms. The molecule has 1 aromatic carbocycles. The molecule has 1 unspecified atom stereocenters. The van der Waals surface area contributed by atoms with Crippen LogP contribution >= 0.6 is 0 Å². The maximum absolute atomic E-state index is 2.59. The minimum absolute atomic E-state index is 0.509. The first-order valence-corrected chi connectivity index (χ1v) is 11.6. The van der Waals surface area contributed by atoms with Crippen LogP contribution in [0.4, 0.5) is 5.69 Å². The second-order valence-corrected chi connectivity index (χ2v) is 8.08. The van der Waals surface area contributed by atoms with Crippen molar-refractivity contribution in [1.82, 2.24) is 4.90 Å². The predicted octanol–water partition coefficient (Wildman–Crippen LogP) is 7.72. The van der Waals surface area contributed by atoms with E-state index in [2.05, 4.69) is 66.4 Å². The molecule has 1 atom stereocenters. The van der Waals surface area contributed by atoms with Gasteiger partial charge >= 0.3 is 0 Å². The third-order valence-electron chi connectivity index (χ3n) is 5.76. The highest BCUT2D eigenvalue weighted by Gasteiger charge is 2.26. The van der Waals surface area contributed by atoms with Gasteiger partial charge < -0.3 is 9.80 Å². The Hall–Kier alpha value is -1.44. The van der Waals surface area contributed by atoms with Crippen LogP contribution in [0.15, 0.2) is 42.7 Å². The van der Waals surface area contributed by atoms with E-state index in [4.69, 9.17) is 0 Å². The smallest absolute Gasteiger partial charge is 0.105 e. The van der Waals surface area contributed by atoms with Gasteiger partial charge in [-0.2, -0.15) is 0 Å². The summed E-state index contributed by atoms with van der Waals surface area (Å²) in [6.45, 7) is 5.78. The highest BCUT2D eigenvalue weighted by molar-refractivity contribution is 5.51. The van der Waals surface area contributed by atoms with Gasteiger partial charge in [0, 0.05) is 24.6 Å². The quantitative estimate of drug-likeness (QED) is 0.292. The molecular formula is C25H42N2. The monoisotopic (exact) mass is 370 g/mol. The average molecular weight is 371 g/mol. The summed E-state index contributed by atoms with van der Waals surface area (Å²) in [6, 6.07) is 10.9. The normalized spacial score (nSPS) is 16.4.